The van der Waals surface area contributed by atoms with E-state index < -0.39 is 0 Å². The van der Waals surface area contributed by atoms with Gasteiger partial charge in [-0.25, -0.2) is 0 Å². The summed E-state index contributed by atoms with van der Waals surface area (Å²) >= 11 is 0. The van der Waals surface area contributed by atoms with Gasteiger partial charge in [0.15, 0.2) is 0 Å². The highest BCUT2D eigenvalue weighted by atomic mass is 31.1. The van der Waals surface area contributed by atoms with Crippen LogP contribution >= 0.6 is 8.20 Å². The number of amides is 1. The summed E-state index contributed by atoms with van der Waals surface area (Å²) in [6.45, 7) is 11.6. The molecular formula is C18H31BNO2P. The second kappa shape index (κ2) is 7.99. The number of fused-ring (bicyclic) bond motifs is 1. The van der Waals surface area contributed by atoms with E-state index in [-0.39, 0.29) is 17.1 Å². The van der Waals surface area contributed by atoms with Crippen LogP contribution in [0.5, 0.6) is 0 Å². The van der Waals surface area contributed by atoms with Crippen LogP contribution in [0, 0.1) is 23.7 Å². The molecule has 1 saturated carbocycles. The Morgan fingerprint density at radius 2 is 2.22 bits per heavy atom. The predicted octanol–water partition coefficient (Wildman–Crippen LogP) is 3.93. The van der Waals surface area contributed by atoms with Gasteiger partial charge in [0.2, 0.25) is 5.91 Å². The maximum absolute atomic E-state index is 12.9. The molecule has 2 fully saturated rings. The van der Waals surface area contributed by atoms with Crippen molar-refractivity contribution in [2.75, 3.05) is 13.3 Å². The Hall–Kier alpha value is -0.595. The zero-order chi connectivity index (χ0) is 17.0. The maximum atomic E-state index is 12.9. The third-order valence-corrected chi connectivity index (χ3v) is 6.60. The molecule has 1 aliphatic carbocycles. The van der Waals surface area contributed by atoms with E-state index in [1.165, 1.54) is 8.20 Å². The average molecular weight is 335 g/mol. The van der Waals surface area contributed by atoms with Crippen molar-refractivity contribution in [2.45, 2.75) is 52.3 Å². The highest BCUT2D eigenvalue weighted by Crippen LogP contribution is 2.44. The minimum absolute atomic E-state index is 0.0567. The third-order valence-electron chi connectivity index (χ3n) is 5.92. The fourth-order valence-electron chi connectivity index (χ4n) is 3.77. The third kappa shape index (κ3) is 4.09. The van der Waals surface area contributed by atoms with Gasteiger partial charge in [-0.3, -0.25) is 14.6 Å². The SMILES string of the molecule is CC=CCC(C)(BN1OCC2C(/C=P\C)CCC2C1=O)C(C)C. The average Bonchev–Trinajstić information content (AvgIpc) is 2.92. The Labute approximate surface area is 143 Å². The van der Waals surface area contributed by atoms with E-state index in [1.54, 1.807) is 4.97 Å². The molecule has 3 nitrogen and oxygen atoms in total. The first-order chi connectivity index (χ1) is 10.9. The molecule has 4 unspecified atom stereocenters. The molecule has 128 valence electrons. The second-order valence-electron chi connectivity index (χ2n) is 7.67. The van der Waals surface area contributed by atoms with Crippen LogP contribution in [0.15, 0.2) is 12.2 Å². The van der Waals surface area contributed by atoms with E-state index in [2.05, 4.69) is 52.3 Å². The Bertz CT molecular complexity index is 480. The van der Waals surface area contributed by atoms with E-state index in [0.717, 1.165) is 19.3 Å². The number of rotatable bonds is 6. The van der Waals surface area contributed by atoms with Crippen LogP contribution in [0.2, 0.25) is 5.31 Å². The van der Waals surface area contributed by atoms with Crippen molar-refractivity contribution in [3.63, 3.8) is 0 Å². The molecule has 0 aromatic rings. The van der Waals surface area contributed by atoms with E-state index in [1.807, 2.05) is 0 Å². The van der Waals surface area contributed by atoms with Gasteiger partial charge < -0.3 is 0 Å². The maximum Gasteiger partial charge on any atom is 0.283 e. The summed E-state index contributed by atoms with van der Waals surface area (Å²) < 4.78 is 0. The molecule has 1 heterocycles. The van der Waals surface area contributed by atoms with Gasteiger partial charge in [0, 0.05) is 11.8 Å². The lowest BCUT2D eigenvalue weighted by molar-refractivity contribution is -0.186. The number of hydroxylamine groups is 1. The van der Waals surface area contributed by atoms with Crippen LogP contribution in [-0.2, 0) is 9.63 Å². The first-order valence-electron chi connectivity index (χ1n) is 8.90. The topological polar surface area (TPSA) is 29.5 Å². The van der Waals surface area contributed by atoms with Gasteiger partial charge >= 0.3 is 0 Å². The van der Waals surface area contributed by atoms with Gasteiger partial charge in [-0.05, 0) is 50.0 Å². The molecule has 23 heavy (non-hydrogen) atoms. The van der Waals surface area contributed by atoms with Gasteiger partial charge in [-0.15, -0.1) is 8.20 Å². The normalized spacial score (nSPS) is 31.1. The van der Waals surface area contributed by atoms with Gasteiger partial charge in [0.1, 0.15) is 0 Å². The van der Waals surface area contributed by atoms with E-state index in [9.17, 15) is 4.79 Å². The smallest absolute Gasteiger partial charge is 0.283 e. The molecular weight excluding hydrogens is 304 g/mol. The molecule has 4 atom stereocenters. The number of hydrogen-bond donors (Lipinski definition) is 0. The summed E-state index contributed by atoms with van der Waals surface area (Å²) in [6, 6.07) is 0. The molecule has 5 heteroatoms. The Morgan fingerprint density at radius 1 is 1.48 bits per heavy atom. The van der Waals surface area contributed by atoms with Crippen LogP contribution < -0.4 is 0 Å². The molecule has 1 saturated heterocycles. The standard InChI is InChI=1S/C18H31BNO2P/c1-6-7-10-18(4,13(2)3)19-20-17(21)15-9-8-14(12-23-5)16(15)11-22-20/h6-7,12-16,19H,8-11H2,1-5H3. The van der Waals surface area contributed by atoms with Crippen LogP contribution in [0.4, 0.5) is 0 Å². The first-order valence-corrected chi connectivity index (χ1v) is 10.3. The lowest BCUT2D eigenvalue weighted by Gasteiger charge is -2.41. The summed E-state index contributed by atoms with van der Waals surface area (Å²) in [7, 11) is 2.00. The van der Waals surface area contributed by atoms with Crippen molar-refractivity contribution in [1.29, 1.82) is 0 Å². The predicted molar refractivity (Wildman–Crippen MR) is 101 cm³/mol. The monoisotopic (exact) mass is 335 g/mol. The van der Waals surface area contributed by atoms with Gasteiger partial charge in [-0.2, -0.15) is 0 Å². The molecule has 1 amide bonds. The van der Waals surface area contributed by atoms with Gasteiger partial charge in [0.25, 0.3) is 7.41 Å². The van der Waals surface area contributed by atoms with Crippen molar-refractivity contribution in [1.82, 2.24) is 4.97 Å². The molecule has 0 aromatic heterocycles. The summed E-state index contributed by atoms with van der Waals surface area (Å²) in [5.74, 6) is 4.18. The summed E-state index contributed by atoms with van der Waals surface area (Å²) in [4.78, 5) is 20.5. The van der Waals surface area contributed by atoms with Crippen LogP contribution in [0.25, 0.3) is 0 Å². The van der Waals surface area contributed by atoms with Crippen molar-refractivity contribution < 1.29 is 9.63 Å². The van der Waals surface area contributed by atoms with E-state index >= 15 is 0 Å². The molecule has 0 aromatic carbocycles. The molecule has 0 N–H and O–H groups in total. The molecule has 2 rings (SSSR count). The molecule has 1 aliphatic heterocycles. The van der Waals surface area contributed by atoms with Crippen LogP contribution in [0.3, 0.4) is 0 Å². The lowest BCUT2D eigenvalue weighted by atomic mass is 9.53. The van der Waals surface area contributed by atoms with Gasteiger partial charge in [0.05, 0.1) is 6.61 Å². The highest BCUT2D eigenvalue weighted by molar-refractivity contribution is 7.37. The van der Waals surface area contributed by atoms with E-state index in [4.69, 9.17) is 4.84 Å². The fraction of sp³-hybridized carbons (Fsp3) is 0.778. The van der Waals surface area contributed by atoms with Crippen molar-refractivity contribution >= 4 is 27.3 Å². The zero-order valence-electron chi connectivity index (χ0n) is 15.3. The molecule has 2 aliphatic rings. The Kier molecular flexibility index (Phi) is 6.51. The largest absolute Gasteiger partial charge is 0.284 e. The number of nitrogens with zero attached hydrogens (tertiary/aromatic N) is 1. The number of carbonyl (C=O) groups excluding carboxylic acids is 1. The lowest BCUT2D eigenvalue weighted by Crippen LogP contribution is -2.50. The van der Waals surface area contributed by atoms with Crippen LogP contribution in [-0.4, -0.2) is 37.4 Å². The second-order valence-corrected chi connectivity index (χ2v) is 8.49. The molecule has 0 bridgehead atoms. The first kappa shape index (κ1) is 18.7. The van der Waals surface area contributed by atoms with Crippen LogP contribution in [0.1, 0.15) is 47.0 Å². The number of carbonyl (C=O) groups is 1. The van der Waals surface area contributed by atoms with Crippen molar-refractivity contribution in [3.05, 3.63) is 12.2 Å². The number of allylic oxidation sites excluding steroid dienone is 2. The minimum atomic E-state index is 0.0567. The Morgan fingerprint density at radius 3 is 2.83 bits per heavy atom. The summed E-state index contributed by atoms with van der Waals surface area (Å²) in [5.41, 5.74) is 0. The van der Waals surface area contributed by atoms with Crippen molar-refractivity contribution in [3.8, 4) is 0 Å². The summed E-state index contributed by atoms with van der Waals surface area (Å²) in [6.07, 6.45) is 7.44. The Balaban J connectivity index is 2.06. The zero-order valence-corrected chi connectivity index (χ0v) is 16.2. The van der Waals surface area contributed by atoms with Crippen molar-refractivity contribution in [2.24, 2.45) is 23.7 Å². The fourth-order valence-corrected chi connectivity index (χ4v) is 4.52. The van der Waals surface area contributed by atoms with E-state index in [0.29, 0.717) is 31.8 Å². The number of hydrogen-bond acceptors (Lipinski definition) is 2. The summed E-state index contributed by atoms with van der Waals surface area (Å²) in [5, 5.41) is 0.0567. The highest BCUT2D eigenvalue weighted by Gasteiger charge is 2.47. The molecule has 0 spiro atoms. The quantitative estimate of drug-likeness (QED) is 0.418. The van der Waals surface area contributed by atoms with Gasteiger partial charge in [-0.1, -0.05) is 38.7 Å². The minimum Gasteiger partial charge on any atom is -0.284 e. The molecule has 0 radical (unpaired) electrons.